The van der Waals surface area contributed by atoms with E-state index in [-0.39, 0.29) is 0 Å². The van der Waals surface area contributed by atoms with Crippen LogP contribution >= 0.6 is 23.4 Å². The second kappa shape index (κ2) is 4.57. The number of aromatic nitrogens is 2. The van der Waals surface area contributed by atoms with Crippen LogP contribution in [-0.2, 0) is 0 Å². The number of hydrogen-bond acceptors (Lipinski definition) is 3. The minimum absolute atomic E-state index is 0.374. The maximum atomic E-state index is 5.63. The first kappa shape index (κ1) is 8.81. The van der Waals surface area contributed by atoms with E-state index in [2.05, 4.69) is 9.97 Å². The molecule has 0 radical (unpaired) electrons. The molecule has 0 fully saturated rings. The van der Waals surface area contributed by atoms with Crippen molar-refractivity contribution in [3.05, 3.63) is 18.5 Å². The lowest BCUT2D eigenvalue weighted by atomic mass is 10.6. The van der Waals surface area contributed by atoms with E-state index < -0.39 is 0 Å². The molecule has 1 heterocycles. The van der Waals surface area contributed by atoms with Crippen molar-refractivity contribution in [2.45, 2.75) is 17.3 Å². The summed E-state index contributed by atoms with van der Waals surface area (Å²) in [5.41, 5.74) is 0. The van der Waals surface area contributed by atoms with E-state index in [0.717, 1.165) is 5.16 Å². The van der Waals surface area contributed by atoms with Gasteiger partial charge in [-0.2, -0.15) is 0 Å². The Morgan fingerprint density at radius 2 is 2.18 bits per heavy atom. The average molecular weight is 189 g/mol. The quantitative estimate of drug-likeness (QED) is 0.413. The molecule has 0 spiro atoms. The fourth-order valence-corrected chi connectivity index (χ4v) is 1.41. The van der Waals surface area contributed by atoms with Crippen molar-refractivity contribution in [2.75, 3.05) is 5.88 Å². The molecule has 4 heteroatoms. The van der Waals surface area contributed by atoms with Crippen LogP contribution in [0.3, 0.4) is 0 Å². The molecular weight excluding hydrogens is 180 g/mol. The molecule has 1 atom stereocenters. The number of alkyl halides is 1. The predicted molar refractivity (Wildman–Crippen MR) is 48.1 cm³/mol. The van der Waals surface area contributed by atoms with E-state index in [1.54, 1.807) is 30.2 Å². The highest BCUT2D eigenvalue weighted by Gasteiger charge is 2.03. The van der Waals surface area contributed by atoms with Crippen molar-refractivity contribution in [2.24, 2.45) is 0 Å². The van der Waals surface area contributed by atoms with Gasteiger partial charge < -0.3 is 0 Å². The van der Waals surface area contributed by atoms with Crippen LogP contribution in [0.5, 0.6) is 0 Å². The van der Waals surface area contributed by atoms with Gasteiger partial charge in [0.25, 0.3) is 0 Å². The largest absolute Gasteiger partial charge is 0.231 e. The molecular formula is C7H9ClN2S. The lowest BCUT2D eigenvalue weighted by Crippen LogP contribution is -1.98. The molecule has 0 bridgehead atoms. The third-order valence-corrected chi connectivity index (χ3v) is 2.70. The highest BCUT2D eigenvalue weighted by molar-refractivity contribution is 7.99. The van der Waals surface area contributed by atoms with Crippen molar-refractivity contribution in [3.63, 3.8) is 0 Å². The van der Waals surface area contributed by atoms with Crippen molar-refractivity contribution in [1.82, 2.24) is 9.97 Å². The summed E-state index contributed by atoms with van der Waals surface area (Å²) in [6, 6.07) is 1.80. The van der Waals surface area contributed by atoms with Crippen molar-refractivity contribution < 1.29 is 0 Å². The Balaban J connectivity index is 2.51. The number of hydrogen-bond donors (Lipinski definition) is 0. The van der Waals surface area contributed by atoms with E-state index in [1.165, 1.54) is 0 Å². The maximum Gasteiger partial charge on any atom is 0.187 e. The molecule has 60 valence electrons. The predicted octanol–water partition coefficient (Wildman–Crippen LogP) is 2.20. The molecule has 11 heavy (non-hydrogen) atoms. The highest BCUT2D eigenvalue weighted by Crippen LogP contribution is 2.18. The molecule has 0 aliphatic carbocycles. The fourth-order valence-electron chi connectivity index (χ4n) is 0.558. The lowest BCUT2D eigenvalue weighted by Gasteiger charge is -2.03. The highest BCUT2D eigenvalue weighted by atomic mass is 35.5. The zero-order valence-corrected chi connectivity index (χ0v) is 7.77. The van der Waals surface area contributed by atoms with Crippen LogP contribution in [0.1, 0.15) is 6.92 Å². The Morgan fingerprint density at radius 3 is 2.73 bits per heavy atom. The summed E-state index contributed by atoms with van der Waals surface area (Å²) in [6.07, 6.45) is 3.46. The van der Waals surface area contributed by atoms with E-state index in [1.807, 2.05) is 6.92 Å². The van der Waals surface area contributed by atoms with Gasteiger partial charge >= 0.3 is 0 Å². The van der Waals surface area contributed by atoms with Crippen LogP contribution in [0, 0.1) is 0 Å². The minimum Gasteiger partial charge on any atom is -0.231 e. The van der Waals surface area contributed by atoms with Crippen LogP contribution in [0.25, 0.3) is 0 Å². The molecule has 0 aliphatic heterocycles. The second-order valence-electron chi connectivity index (χ2n) is 2.11. The van der Waals surface area contributed by atoms with Gasteiger partial charge in [0.05, 0.1) is 0 Å². The zero-order valence-electron chi connectivity index (χ0n) is 6.20. The lowest BCUT2D eigenvalue weighted by molar-refractivity contribution is 0.955. The van der Waals surface area contributed by atoms with E-state index in [4.69, 9.17) is 11.6 Å². The smallest absolute Gasteiger partial charge is 0.187 e. The summed E-state index contributed by atoms with van der Waals surface area (Å²) in [6.45, 7) is 2.05. The Labute approximate surface area is 75.4 Å². The summed E-state index contributed by atoms with van der Waals surface area (Å²) in [5.74, 6) is 0.628. The third kappa shape index (κ3) is 3.08. The standard InChI is InChI=1S/C7H9ClN2S/c1-6(5-8)11-7-9-3-2-4-10-7/h2-4,6H,5H2,1H3. The summed E-state index contributed by atoms with van der Waals surface area (Å²) in [7, 11) is 0. The van der Waals surface area contributed by atoms with Gasteiger partial charge in [0, 0.05) is 23.5 Å². The molecule has 1 unspecified atom stereocenters. The van der Waals surface area contributed by atoms with Gasteiger partial charge in [0.15, 0.2) is 5.16 Å². The number of rotatable bonds is 3. The molecule has 0 aliphatic rings. The third-order valence-electron chi connectivity index (χ3n) is 1.07. The normalized spacial score (nSPS) is 12.9. The van der Waals surface area contributed by atoms with E-state index >= 15 is 0 Å². The van der Waals surface area contributed by atoms with Gasteiger partial charge in [-0.25, -0.2) is 9.97 Å². The topological polar surface area (TPSA) is 25.8 Å². The monoisotopic (exact) mass is 188 g/mol. The first-order valence-electron chi connectivity index (χ1n) is 3.32. The van der Waals surface area contributed by atoms with Crippen molar-refractivity contribution in [1.29, 1.82) is 0 Å². The van der Waals surface area contributed by atoms with Crippen molar-refractivity contribution in [3.8, 4) is 0 Å². The Kier molecular flexibility index (Phi) is 3.66. The minimum atomic E-state index is 0.374. The molecule has 0 aromatic carbocycles. The maximum absolute atomic E-state index is 5.63. The summed E-state index contributed by atoms with van der Waals surface area (Å²) < 4.78 is 0. The second-order valence-corrected chi connectivity index (χ2v) is 3.83. The van der Waals surface area contributed by atoms with Gasteiger partial charge in [-0.15, -0.1) is 11.6 Å². The molecule has 1 rings (SSSR count). The Morgan fingerprint density at radius 1 is 1.55 bits per heavy atom. The first-order valence-corrected chi connectivity index (χ1v) is 4.74. The van der Waals surface area contributed by atoms with E-state index in [0.29, 0.717) is 11.1 Å². The summed E-state index contributed by atoms with van der Waals surface area (Å²) in [5, 5.41) is 1.17. The van der Waals surface area contributed by atoms with Gasteiger partial charge in [-0.3, -0.25) is 0 Å². The molecule has 2 nitrogen and oxygen atoms in total. The number of nitrogens with zero attached hydrogens (tertiary/aromatic N) is 2. The van der Waals surface area contributed by atoms with Crippen LogP contribution in [0.2, 0.25) is 0 Å². The fraction of sp³-hybridized carbons (Fsp3) is 0.429. The molecule has 0 saturated heterocycles. The Bertz CT molecular complexity index is 205. The number of halogens is 1. The van der Waals surface area contributed by atoms with E-state index in [9.17, 15) is 0 Å². The summed E-state index contributed by atoms with van der Waals surface area (Å²) in [4.78, 5) is 8.12. The zero-order chi connectivity index (χ0) is 8.10. The van der Waals surface area contributed by atoms with Gasteiger partial charge in [0.1, 0.15) is 0 Å². The van der Waals surface area contributed by atoms with Crippen LogP contribution in [0.15, 0.2) is 23.6 Å². The molecule has 0 amide bonds. The molecule has 1 aromatic heterocycles. The number of thioether (sulfide) groups is 1. The SMILES string of the molecule is CC(CCl)Sc1ncccn1. The molecule has 0 saturated carbocycles. The van der Waals surface area contributed by atoms with Crippen LogP contribution in [0.4, 0.5) is 0 Å². The molecule has 1 aromatic rings. The average Bonchev–Trinajstić information content (AvgIpc) is 2.06. The molecule has 0 N–H and O–H groups in total. The van der Waals surface area contributed by atoms with Gasteiger partial charge in [-0.1, -0.05) is 18.7 Å². The van der Waals surface area contributed by atoms with Gasteiger partial charge in [-0.05, 0) is 6.07 Å². The Hall–Kier alpha value is -0.280. The summed E-state index contributed by atoms with van der Waals surface area (Å²) >= 11 is 7.21. The van der Waals surface area contributed by atoms with Crippen LogP contribution in [-0.4, -0.2) is 21.1 Å². The van der Waals surface area contributed by atoms with Crippen LogP contribution < -0.4 is 0 Å². The van der Waals surface area contributed by atoms with Crippen molar-refractivity contribution >= 4 is 23.4 Å². The first-order chi connectivity index (χ1) is 5.33. The van der Waals surface area contributed by atoms with Gasteiger partial charge in [0.2, 0.25) is 0 Å².